The Kier molecular flexibility index (Phi) is 2.82. The zero-order chi connectivity index (χ0) is 14.2. The van der Waals surface area contributed by atoms with Crippen molar-refractivity contribution in [3.63, 3.8) is 0 Å². The molecule has 0 N–H and O–H groups in total. The molecule has 21 heavy (non-hydrogen) atoms. The molecule has 102 valence electrons. The third-order valence-electron chi connectivity index (χ3n) is 3.57. The lowest BCUT2D eigenvalue weighted by atomic mass is 9.98. The molecule has 1 aliphatic heterocycles. The summed E-state index contributed by atoms with van der Waals surface area (Å²) in [6.07, 6.45) is 3.46. The van der Waals surface area contributed by atoms with Crippen LogP contribution in [-0.4, -0.2) is 21.0 Å². The van der Waals surface area contributed by atoms with Crippen molar-refractivity contribution >= 4 is 17.8 Å². The van der Waals surface area contributed by atoms with Crippen LogP contribution in [0.2, 0.25) is 5.02 Å². The van der Waals surface area contributed by atoms with Gasteiger partial charge in [-0.1, -0.05) is 41.9 Å². The van der Waals surface area contributed by atoms with E-state index in [2.05, 4.69) is 27.3 Å². The fourth-order valence-electron chi connectivity index (χ4n) is 2.60. The Labute approximate surface area is 126 Å². The van der Waals surface area contributed by atoms with Crippen molar-refractivity contribution in [3.8, 4) is 5.69 Å². The van der Waals surface area contributed by atoms with Crippen LogP contribution in [-0.2, 0) is 0 Å². The van der Waals surface area contributed by atoms with Gasteiger partial charge in [0, 0.05) is 10.6 Å². The summed E-state index contributed by atoms with van der Waals surface area (Å²) in [5.41, 5.74) is 3.17. The first-order chi connectivity index (χ1) is 10.3. The first kappa shape index (κ1) is 12.3. The molecule has 0 amide bonds. The van der Waals surface area contributed by atoms with Gasteiger partial charge < -0.3 is 0 Å². The molecule has 1 aromatic heterocycles. The van der Waals surface area contributed by atoms with Crippen LogP contribution in [0.4, 0.5) is 0 Å². The van der Waals surface area contributed by atoms with E-state index in [1.807, 2.05) is 41.0 Å². The van der Waals surface area contributed by atoms with Crippen LogP contribution in [0.5, 0.6) is 0 Å². The van der Waals surface area contributed by atoms with Gasteiger partial charge in [-0.2, -0.15) is 0 Å². The third kappa shape index (κ3) is 2.04. The van der Waals surface area contributed by atoms with E-state index in [1.54, 1.807) is 12.5 Å². The number of fused-ring (bicyclic) bond motifs is 3. The molecular weight excluding hydrogens is 284 g/mol. The van der Waals surface area contributed by atoms with Crippen LogP contribution in [0.1, 0.15) is 23.0 Å². The van der Waals surface area contributed by atoms with Crippen molar-refractivity contribution in [1.29, 1.82) is 0 Å². The molecule has 0 fully saturated rings. The van der Waals surface area contributed by atoms with Gasteiger partial charge in [-0.3, -0.25) is 9.56 Å². The second-order valence-corrected chi connectivity index (χ2v) is 5.29. The van der Waals surface area contributed by atoms with Gasteiger partial charge in [-0.15, -0.1) is 10.2 Å². The van der Waals surface area contributed by atoms with Crippen LogP contribution in [0.3, 0.4) is 0 Å². The summed E-state index contributed by atoms with van der Waals surface area (Å²) in [5.74, 6) is 0.719. The maximum absolute atomic E-state index is 6.19. The minimum Gasteiger partial charge on any atom is -0.280 e. The Balaban J connectivity index is 1.98. The predicted octanol–water partition coefficient (Wildman–Crippen LogP) is 3.44. The smallest absolute Gasteiger partial charge is 0.179 e. The van der Waals surface area contributed by atoms with Gasteiger partial charge in [-0.25, -0.2) is 0 Å². The highest BCUT2D eigenvalue weighted by atomic mass is 35.5. The number of aliphatic imine (C=N–C) groups is 1. The van der Waals surface area contributed by atoms with Crippen LogP contribution >= 0.6 is 11.6 Å². The highest BCUT2D eigenvalue weighted by Crippen LogP contribution is 2.34. The van der Waals surface area contributed by atoms with Gasteiger partial charge >= 0.3 is 0 Å². The molecule has 2 heterocycles. The first-order valence-corrected chi connectivity index (χ1v) is 6.99. The van der Waals surface area contributed by atoms with Crippen molar-refractivity contribution in [1.82, 2.24) is 14.8 Å². The van der Waals surface area contributed by atoms with Gasteiger partial charge in [0.05, 0.1) is 11.9 Å². The van der Waals surface area contributed by atoms with E-state index < -0.39 is 0 Å². The number of benzene rings is 2. The second-order valence-electron chi connectivity index (χ2n) is 4.85. The zero-order valence-electron chi connectivity index (χ0n) is 11.0. The normalized spacial score (nSPS) is 16.1. The second kappa shape index (κ2) is 4.82. The molecule has 4 rings (SSSR count). The highest BCUT2D eigenvalue weighted by Gasteiger charge is 2.22. The summed E-state index contributed by atoms with van der Waals surface area (Å²) in [4.78, 5) is 4.68. The Morgan fingerprint density at radius 2 is 1.90 bits per heavy atom. The van der Waals surface area contributed by atoms with Crippen LogP contribution < -0.4 is 0 Å². The number of hydrogen-bond donors (Lipinski definition) is 0. The quantitative estimate of drug-likeness (QED) is 0.690. The van der Waals surface area contributed by atoms with E-state index in [4.69, 9.17) is 11.6 Å². The monoisotopic (exact) mass is 294 g/mol. The number of aromatic nitrogens is 3. The topological polar surface area (TPSA) is 43.1 Å². The Hall–Kier alpha value is -2.46. The Morgan fingerprint density at radius 3 is 2.76 bits per heavy atom. The molecule has 3 aromatic rings. The van der Waals surface area contributed by atoms with Crippen molar-refractivity contribution in [2.24, 2.45) is 4.99 Å². The maximum Gasteiger partial charge on any atom is 0.179 e. The molecule has 0 spiro atoms. The fourth-order valence-corrected chi connectivity index (χ4v) is 2.78. The Bertz CT molecular complexity index is 823. The molecule has 0 radical (unpaired) electrons. The Morgan fingerprint density at radius 1 is 1.05 bits per heavy atom. The molecule has 1 aliphatic rings. The third-order valence-corrected chi connectivity index (χ3v) is 3.81. The summed E-state index contributed by atoms with van der Waals surface area (Å²) in [6, 6.07) is 15.9. The molecule has 0 bridgehead atoms. The van der Waals surface area contributed by atoms with E-state index >= 15 is 0 Å². The van der Waals surface area contributed by atoms with Gasteiger partial charge in [-0.05, 0) is 23.8 Å². The standard InChI is InChI=1S/C16H11ClN4/c17-12-6-7-14-13(8-12)16(11-4-2-1-3-5-11)18-9-15-20-19-10-21(14)15/h1-10,16H. The molecule has 0 aliphatic carbocycles. The molecule has 0 saturated heterocycles. The lowest BCUT2D eigenvalue weighted by molar-refractivity contribution is 0.869. The van der Waals surface area contributed by atoms with E-state index in [0.717, 1.165) is 22.6 Å². The first-order valence-electron chi connectivity index (χ1n) is 6.61. The minimum atomic E-state index is -0.0957. The van der Waals surface area contributed by atoms with E-state index in [1.165, 1.54) is 0 Å². The van der Waals surface area contributed by atoms with Gasteiger partial charge in [0.2, 0.25) is 0 Å². The predicted molar refractivity (Wildman–Crippen MR) is 82.2 cm³/mol. The molecule has 2 aromatic carbocycles. The zero-order valence-corrected chi connectivity index (χ0v) is 11.8. The number of rotatable bonds is 1. The molecule has 4 nitrogen and oxygen atoms in total. The summed E-state index contributed by atoms with van der Waals surface area (Å²) < 4.78 is 1.93. The summed E-state index contributed by atoms with van der Waals surface area (Å²) in [7, 11) is 0. The number of halogens is 1. The maximum atomic E-state index is 6.19. The van der Waals surface area contributed by atoms with Crippen molar-refractivity contribution in [2.45, 2.75) is 6.04 Å². The molecule has 1 unspecified atom stereocenters. The molecule has 1 atom stereocenters. The largest absolute Gasteiger partial charge is 0.280 e. The highest BCUT2D eigenvalue weighted by molar-refractivity contribution is 6.30. The number of hydrogen-bond acceptors (Lipinski definition) is 3. The average molecular weight is 295 g/mol. The van der Waals surface area contributed by atoms with Crippen LogP contribution in [0.15, 0.2) is 59.9 Å². The average Bonchev–Trinajstić information content (AvgIpc) is 2.92. The van der Waals surface area contributed by atoms with E-state index in [-0.39, 0.29) is 6.04 Å². The molecule has 5 heteroatoms. The summed E-state index contributed by atoms with van der Waals surface area (Å²) in [6.45, 7) is 0. The lowest BCUT2D eigenvalue weighted by Crippen LogP contribution is -2.03. The molecule has 0 saturated carbocycles. The van der Waals surface area contributed by atoms with Crippen molar-refractivity contribution in [2.75, 3.05) is 0 Å². The van der Waals surface area contributed by atoms with E-state index in [9.17, 15) is 0 Å². The minimum absolute atomic E-state index is 0.0957. The number of nitrogens with zero attached hydrogens (tertiary/aromatic N) is 4. The van der Waals surface area contributed by atoms with Crippen LogP contribution in [0.25, 0.3) is 5.69 Å². The van der Waals surface area contributed by atoms with Gasteiger partial charge in [0.1, 0.15) is 12.4 Å². The van der Waals surface area contributed by atoms with Gasteiger partial charge in [0.25, 0.3) is 0 Å². The van der Waals surface area contributed by atoms with Crippen molar-refractivity contribution in [3.05, 3.63) is 76.8 Å². The summed E-state index contributed by atoms with van der Waals surface area (Å²) >= 11 is 6.19. The van der Waals surface area contributed by atoms with E-state index in [0.29, 0.717) is 5.02 Å². The SMILES string of the molecule is Clc1ccc2c(c1)C(c1ccccc1)N=Cc1nncn1-2. The molecular formula is C16H11ClN4. The fraction of sp³-hybridized carbons (Fsp3) is 0.0625. The summed E-state index contributed by atoms with van der Waals surface area (Å²) in [5, 5.41) is 8.75. The van der Waals surface area contributed by atoms with Gasteiger partial charge in [0.15, 0.2) is 5.82 Å². The van der Waals surface area contributed by atoms with Crippen LogP contribution in [0, 0.1) is 0 Å². The van der Waals surface area contributed by atoms with Crippen molar-refractivity contribution < 1.29 is 0 Å². The lowest BCUT2D eigenvalue weighted by Gasteiger charge is -2.16.